The highest BCUT2D eigenvalue weighted by Crippen LogP contribution is 2.29. The van der Waals surface area contributed by atoms with Crippen molar-refractivity contribution in [2.24, 2.45) is 0 Å². The van der Waals surface area contributed by atoms with Crippen LogP contribution in [0.15, 0.2) is 24.5 Å². The SMILES string of the molecule is CC(=O)N1CCc2c(nc(-c3cccnc3)nc2NC2CCC(O)CC2)C1. The highest BCUT2D eigenvalue weighted by atomic mass is 16.3. The molecule has 0 radical (unpaired) electrons. The van der Waals surface area contributed by atoms with Gasteiger partial charge in [0.2, 0.25) is 5.91 Å². The van der Waals surface area contributed by atoms with Gasteiger partial charge in [-0.05, 0) is 44.2 Å². The van der Waals surface area contributed by atoms with Gasteiger partial charge in [0.1, 0.15) is 5.82 Å². The van der Waals surface area contributed by atoms with Crippen molar-refractivity contribution in [1.29, 1.82) is 0 Å². The Labute approximate surface area is 158 Å². The number of nitrogens with one attached hydrogen (secondary N) is 1. The van der Waals surface area contributed by atoms with Crippen LogP contribution in [-0.4, -0.2) is 49.6 Å². The van der Waals surface area contributed by atoms with Crippen LogP contribution in [0.1, 0.15) is 43.9 Å². The van der Waals surface area contributed by atoms with Gasteiger partial charge in [-0.1, -0.05) is 0 Å². The third-order valence-electron chi connectivity index (χ3n) is 5.47. The molecule has 1 aliphatic heterocycles. The highest BCUT2D eigenvalue weighted by molar-refractivity contribution is 5.74. The molecule has 2 N–H and O–H groups in total. The van der Waals surface area contributed by atoms with Crippen molar-refractivity contribution in [2.75, 3.05) is 11.9 Å². The lowest BCUT2D eigenvalue weighted by Crippen LogP contribution is -2.36. The lowest BCUT2D eigenvalue weighted by molar-refractivity contribution is -0.129. The maximum Gasteiger partial charge on any atom is 0.219 e. The number of anilines is 1. The minimum Gasteiger partial charge on any atom is -0.393 e. The Morgan fingerprint density at radius 3 is 2.78 bits per heavy atom. The summed E-state index contributed by atoms with van der Waals surface area (Å²) in [5.74, 6) is 1.56. The van der Waals surface area contributed by atoms with Gasteiger partial charge >= 0.3 is 0 Å². The van der Waals surface area contributed by atoms with E-state index in [1.165, 1.54) is 0 Å². The number of aliphatic hydroxyl groups is 1. The summed E-state index contributed by atoms with van der Waals surface area (Å²) in [6.07, 6.45) is 7.55. The second-order valence-electron chi connectivity index (χ2n) is 7.40. The van der Waals surface area contributed by atoms with E-state index in [4.69, 9.17) is 9.97 Å². The summed E-state index contributed by atoms with van der Waals surface area (Å²) in [5, 5.41) is 13.4. The molecular weight excluding hydrogens is 342 g/mol. The summed E-state index contributed by atoms with van der Waals surface area (Å²) in [7, 11) is 0. The molecule has 2 aromatic rings. The number of hydrogen-bond donors (Lipinski definition) is 2. The van der Waals surface area contributed by atoms with E-state index >= 15 is 0 Å². The first-order valence-corrected chi connectivity index (χ1v) is 9.60. The number of carbonyl (C=O) groups excluding carboxylic acids is 1. The minimum atomic E-state index is -0.183. The third-order valence-corrected chi connectivity index (χ3v) is 5.47. The topological polar surface area (TPSA) is 91.2 Å². The van der Waals surface area contributed by atoms with E-state index in [0.29, 0.717) is 25.0 Å². The van der Waals surface area contributed by atoms with Gasteiger partial charge in [0, 0.05) is 43.0 Å². The number of aromatic nitrogens is 3. The first-order chi connectivity index (χ1) is 13.1. The van der Waals surface area contributed by atoms with Gasteiger partial charge in [-0.15, -0.1) is 0 Å². The van der Waals surface area contributed by atoms with Gasteiger partial charge in [-0.2, -0.15) is 0 Å². The smallest absolute Gasteiger partial charge is 0.219 e. The minimum absolute atomic E-state index is 0.0676. The summed E-state index contributed by atoms with van der Waals surface area (Å²) in [4.78, 5) is 27.4. The molecule has 1 aliphatic carbocycles. The molecule has 1 fully saturated rings. The Balaban J connectivity index is 1.68. The molecule has 2 aliphatic rings. The number of amides is 1. The number of nitrogens with zero attached hydrogens (tertiary/aromatic N) is 4. The fourth-order valence-corrected chi connectivity index (χ4v) is 3.86. The number of fused-ring (bicyclic) bond motifs is 1. The van der Waals surface area contributed by atoms with Gasteiger partial charge in [0.15, 0.2) is 5.82 Å². The second-order valence-corrected chi connectivity index (χ2v) is 7.40. The Kier molecular flexibility index (Phi) is 5.03. The first kappa shape index (κ1) is 17.9. The molecule has 7 nitrogen and oxygen atoms in total. The Morgan fingerprint density at radius 1 is 1.26 bits per heavy atom. The van der Waals surface area contributed by atoms with Crippen LogP contribution >= 0.6 is 0 Å². The zero-order valence-electron chi connectivity index (χ0n) is 15.6. The molecule has 0 spiro atoms. The molecule has 0 unspecified atom stereocenters. The average molecular weight is 367 g/mol. The van der Waals surface area contributed by atoms with E-state index in [-0.39, 0.29) is 12.0 Å². The van der Waals surface area contributed by atoms with Crippen LogP contribution in [0.25, 0.3) is 11.4 Å². The van der Waals surface area contributed by atoms with Crippen molar-refractivity contribution in [1.82, 2.24) is 19.9 Å². The van der Waals surface area contributed by atoms with Crippen molar-refractivity contribution < 1.29 is 9.90 Å². The van der Waals surface area contributed by atoms with E-state index in [2.05, 4.69) is 10.3 Å². The molecule has 4 rings (SSSR count). The third kappa shape index (κ3) is 3.93. The Bertz CT molecular complexity index is 819. The number of hydrogen-bond acceptors (Lipinski definition) is 6. The molecule has 0 atom stereocenters. The van der Waals surface area contributed by atoms with Gasteiger partial charge in [-0.25, -0.2) is 9.97 Å². The van der Waals surface area contributed by atoms with E-state index in [1.807, 2.05) is 17.0 Å². The number of rotatable bonds is 3. The molecule has 0 bridgehead atoms. The fraction of sp³-hybridized carbons (Fsp3) is 0.500. The normalized spacial score (nSPS) is 22.2. The zero-order chi connectivity index (χ0) is 18.8. The van der Waals surface area contributed by atoms with Crippen LogP contribution in [0.4, 0.5) is 5.82 Å². The van der Waals surface area contributed by atoms with E-state index in [9.17, 15) is 9.90 Å². The van der Waals surface area contributed by atoms with Crippen molar-refractivity contribution in [3.05, 3.63) is 35.8 Å². The quantitative estimate of drug-likeness (QED) is 0.864. The largest absolute Gasteiger partial charge is 0.393 e. The maximum absolute atomic E-state index is 11.8. The van der Waals surface area contributed by atoms with Gasteiger partial charge < -0.3 is 15.3 Å². The Hall–Kier alpha value is -2.54. The lowest BCUT2D eigenvalue weighted by atomic mass is 9.93. The standard InChI is InChI=1S/C20H25N5O2/c1-13(26)25-10-8-17-18(12-25)23-19(14-3-2-9-21-11-14)24-20(17)22-15-4-6-16(27)7-5-15/h2-3,9,11,15-16,27H,4-8,10,12H2,1H3,(H,22,23,24). The lowest BCUT2D eigenvalue weighted by Gasteiger charge is -2.31. The van der Waals surface area contributed by atoms with Crippen LogP contribution < -0.4 is 5.32 Å². The molecular formula is C20H25N5O2. The summed E-state index contributed by atoms with van der Waals surface area (Å²) in [6, 6.07) is 4.12. The van der Waals surface area contributed by atoms with Crippen molar-refractivity contribution in [3.63, 3.8) is 0 Å². The predicted octanol–water partition coefficient (Wildman–Crippen LogP) is 2.16. The molecule has 7 heteroatoms. The van der Waals surface area contributed by atoms with E-state index in [1.54, 1.807) is 19.3 Å². The monoisotopic (exact) mass is 367 g/mol. The summed E-state index contributed by atoms with van der Waals surface area (Å²) in [5.41, 5.74) is 2.87. The van der Waals surface area contributed by atoms with Crippen LogP contribution in [-0.2, 0) is 17.8 Å². The summed E-state index contributed by atoms with van der Waals surface area (Å²) < 4.78 is 0. The first-order valence-electron chi connectivity index (χ1n) is 9.60. The molecule has 142 valence electrons. The molecule has 1 saturated carbocycles. The molecule has 3 heterocycles. The fourth-order valence-electron chi connectivity index (χ4n) is 3.86. The van der Waals surface area contributed by atoms with E-state index in [0.717, 1.165) is 54.7 Å². The van der Waals surface area contributed by atoms with Gasteiger partial charge in [-0.3, -0.25) is 9.78 Å². The number of aliphatic hydroxyl groups excluding tert-OH is 1. The molecule has 2 aromatic heterocycles. The maximum atomic E-state index is 11.8. The molecule has 1 amide bonds. The molecule has 0 aromatic carbocycles. The second kappa shape index (κ2) is 7.60. The Morgan fingerprint density at radius 2 is 2.07 bits per heavy atom. The van der Waals surface area contributed by atoms with Crippen molar-refractivity contribution in [2.45, 2.75) is 57.7 Å². The molecule has 0 saturated heterocycles. The van der Waals surface area contributed by atoms with Crippen LogP contribution in [0, 0.1) is 0 Å². The highest BCUT2D eigenvalue weighted by Gasteiger charge is 2.26. The van der Waals surface area contributed by atoms with Gasteiger partial charge in [0.25, 0.3) is 0 Å². The van der Waals surface area contributed by atoms with Crippen molar-refractivity contribution in [3.8, 4) is 11.4 Å². The summed E-state index contributed by atoms with van der Waals surface area (Å²) in [6.45, 7) is 2.80. The van der Waals surface area contributed by atoms with E-state index < -0.39 is 0 Å². The van der Waals surface area contributed by atoms with Crippen LogP contribution in [0.3, 0.4) is 0 Å². The van der Waals surface area contributed by atoms with Gasteiger partial charge in [0.05, 0.1) is 18.3 Å². The van der Waals surface area contributed by atoms with Crippen molar-refractivity contribution >= 4 is 11.7 Å². The zero-order valence-corrected chi connectivity index (χ0v) is 15.6. The van der Waals surface area contributed by atoms with Crippen LogP contribution in [0.2, 0.25) is 0 Å². The predicted molar refractivity (Wildman–Crippen MR) is 102 cm³/mol. The molecule has 27 heavy (non-hydrogen) atoms. The number of carbonyl (C=O) groups is 1. The number of pyridine rings is 1. The van der Waals surface area contributed by atoms with Crippen LogP contribution in [0.5, 0.6) is 0 Å². The average Bonchev–Trinajstić information content (AvgIpc) is 2.69. The summed E-state index contributed by atoms with van der Waals surface area (Å²) >= 11 is 0.